The van der Waals surface area contributed by atoms with Crippen molar-refractivity contribution in [2.75, 3.05) is 6.61 Å². The smallest absolute Gasteiger partial charge is 0.136 e. The molecular weight excluding hydrogens is 138 g/mol. The maximum atomic E-state index is 5.48. The predicted molar refractivity (Wildman–Crippen MR) is 45.7 cm³/mol. The summed E-state index contributed by atoms with van der Waals surface area (Å²) in [6.45, 7) is 7.21. The molecule has 1 N–H and O–H groups in total. The van der Waals surface area contributed by atoms with E-state index < -0.39 is 0 Å². The Bertz CT molecular complexity index is 196. The molecule has 11 heavy (non-hydrogen) atoms. The van der Waals surface area contributed by atoms with E-state index in [4.69, 9.17) is 4.74 Å². The first kappa shape index (κ1) is 8.18. The Kier molecular flexibility index (Phi) is 2.22. The van der Waals surface area contributed by atoms with Crippen molar-refractivity contribution in [3.63, 3.8) is 0 Å². The zero-order chi connectivity index (χ0) is 8.32. The summed E-state index contributed by atoms with van der Waals surface area (Å²) in [6, 6.07) is 1.92. The Balaban J connectivity index is 2.35. The number of aromatic amines is 1. The minimum Gasteiger partial charge on any atom is -0.491 e. The van der Waals surface area contributed by atoms with Gasteiger partial charge in [-0.3, -0.25) is 0 Å². The van der Waals surface area contributed by atoms with Gasteiger partial charge in [0.25, 0.3) is 0 Å². The Hall–Kier alpha value is -0.920. The Morgan fingerprint density at radius 3 is 2.64 bits per heavy atom. The first-order valence-electron chi connectivity index (χ1n) is 3.83. The van der Waals surface area contributed by atoms with Crippen molar-refractivity contribution in [3.05, 3.63) is 18.5 Å². The lowest BCUT2D eigenvalue weighted by molar-refractivity contribution is 0.198. The molecule has 0 saturated carbocycles. The summed E-state index contributed by atoms with van der Waals surface area (Å²) in [5.41, 5.74) is 0.233. The topological polar surface area (TPSA) is 25.0 Å². The van der Waals surface area contributed by atoms with Gasteiger partial charge >= 0.3 is 0 Å². The number of nitrogens with one attached hydrogen (secondary N) is 1. The van der Waals surface area contributed by atoms with Gasteiger partial charge in [-0.15, -0.1) is 0 Å². The molecule has 62 valence electrons. The molecule has 0 bridgehead atoms. The van der Waals surface area contributed by atoms with Crippen LogP contribution in [0.1, 0.15) is 20.8 Å². The van der Waals surface area contributed by atoms with Crippen molar-refractivity contribution in [2.45, 2.75) is 20.8 Å². The molecule has 0 radical (unpaired) electrons. The molecule has 0 unspecified atom stereocenters. The van der Waals surface area contributed by atoms with Crippen LogP contribution >= 0.6 is 0 Å². The van der Waals surface area contributed by atoms with E-state index in [0.29, 0.717) is 0 Å². The molecule has 0 spiro atoms. The van der Waals surface area contributed by atoms with Gasteiger partial charge in [0.2, 0.25) is 0 Å². The normalized spacial score (nSPS) is 11.5. The minimum atomic E-state index is 0.233. The molecule has 1 rings (SSSR count). The quantitative estimate of drug-likeness (QED) is 0.693. The number of aromatic nitrogens is 1. The molecule has 0 aliphatic carbocycles. The van der Waals surface area contributed by atoms with E-state index in [1.54, 1.807) is 0 Å². The summed E-state index contributed by atoms with van der Waals surface area (Å²) in [7, 11) is 0. The highest BCUT2D eigenvalue weighted by molar-refractivity contribution is 5.15. The van der Waals surface area contributed by atoms with E-state index >= 15 is 0 Å². The van der Waals surface area contributed by atoms with Gasteiger partial charge in [-0.1, -0.05) is 20.8 Å². The molecular formula is C9H15NO. The molecule has 0 amide bonds. The molecule has 0 aliphatic rings. The van der Waals surface area contributed by atoms with Gasteiger partial charge in [-0.05, 0) is 11.5 Å². The summed E-state index contributed by atoms with van der Waals surface area (Å²) in [6.07, 6.45) is 3.71. The van der Waals surface area contributed by atoms with Crippen molar-refractivity contribution in [1.82, 2.24) is 4.98 Å². The lowest BCUT2D eigenvalue weighted by atomic mass is 9.99. The fraction of sp³-hybridized carbons (Fsp3) is 0.556. The molecule has 2 heteroatoms. The minimum absolute atomic E-state index is 0.233. The molecule has 1 aromatic rings. The van der Waals surface area contributed by atoms with Crippen molar-refractivity contribution in [1.29, 1.82) is 0 Å². The van der Waals surface area contributed by atoms with Crippen LogP contribution in [0.3, 0.4) is 0 Å². The first-order chi connectivity index (χ1) is 5.08. The Morgan fingerprint density at radius 1 is 1.45 bits per heavy atom. The molecule has 0 aromatic carbocycles. The van der Waals surface area contributed by atoms with E-state index in [9.17, 15) is 0 Å². The number of ether oxygens (including phenoxy) is 1. The second-order valence-electron chi connectivity index (χ2n) is 3.90. The molecule has 1 heterocycles. The van der Waals surface area contributed by atoms with Crippen LogP contribution in [0.15, 0.2) is 18.5 Å². The average molecular weight is 153 g/mol. The highest BCUT2D eigenvalue weighted by Gasteiger charge is 2.10. The molecule has 2 nitrogen and oxygen atoms in total. The number of rotatable bonds is 2. The zero-order valence-electron chi connectivity index (χ0n) is 7.35. The van der Waals surface area contributed by atoms with Gasteiger partial charge in [0.1, 0.15) is 5.75 Å². The summed E-state index contributed by atoms with van der Waals surface area (Å²) in [5.74, 6) is 0.917. The van der Waals surface area contributed by atoms with Crippen LogP contribution in [0.5, 0.6) is 5.75 Å². The largest absolute Gasteiger partial charge is 0.491 e. The molecule has 0 atom stereocenters. The summed E-state index contributed by atoms with van der Waals surface area (Å²) >= 11 is 0. The van der Waals surface area contributed by atoms with E-state index in [2.05, 4.69) is 25.8 Å². The maximum absolute atomic E-state index is 5.48. The van der Waals surface area contributed by atoms with Crippen LogP contribution in [0.2, 0.25) is 0 Å². The molecule has 0 saturated heterocycles. The van der Waals surface area contributed by atoms with Crippen molar-refractivity contribution >= 4 is 0 Å². The van der Waals surface area contributed by atoms with E-state index in [0.717, 1.165) is 12.4 Å². The van der Waals surface area contributed by atoms with Crippen LogP contribution in [0.25, 0.3) is 0 Å². The van der Waals surface area contributed by atoms with Crippen LogP contribution in [-0.4, -0.2) is 11.6 Å². The predicted octanol–water partition coefficient (Wildman–Crippen LogP) is 2.44. The van der Waals surface area contributed by atoms with E-state index in [1.807, 2.05) is 18.5 Å². The maximum Gasteiger partial charge on any atom is 0.136 e. The fourth-order valence-corrected chi connectivity index (χ4v) is 0.698. The van der Waals surface area contributed by atoms with Gasteiger partial charge in [0.05, 0.1) is 6.61 Å². The summed E-state index contributed by atoms with van der Waals surface area (Å²) in [4.78, 5) is 2.94. The van der Waals surface area contributed by atoms with Crippen LogP contribution in [0, 0.1) is 5.41 Å². The van der Waals surface area contributed by atoms with E-state index in [1.165, 1.54) is 0 Å². The average Bonchev–Trinajstić information content (AvgIpc) is 2.32. The third kappa shape index (κ3) is 3.12. The van der Waals surface area contributed by atoms with Crippen molar-refractivity contribution in [3.8, 4) is 5.75 Å². The summed E-state index contributed by atoms with van der Waals surface area (Å²) in [5, 5.41) is 0. The van der Waals surface area contributed by atoms with Gasteiger partial charge in [-0.25, -0.2) is 0 Å². The summed E-state index contributed by atoms with van der Waals surface area (Å²) < 4.78 is 5.48. The fourth-order valence-electron chi connectivity index (χ4n) is 0.698. The van der Waals surface area contributed by atoms with Crippen LogP contribution in [0.4, 0.5) is 0 Å². The monoisotopic (exact) mass is 153 g/mol. The second-order valence-corrected chi connectivity index (χ2v) is 3.90. The van der Waals surface area contributed by atoms with Gasteiger partial charge < -0.3 is 9.72 Å². The van der Waals surface area contributed by atoms with Gasteiger partial charge in [0, 0.05) is 12.4 Å². The standard InChI is InChI=1S/C9H15NO/c1-9(2,3)7-11-8-4-5-10-6-8/h4-6,10H,7H2,1-3H3. The number of hydrogen-bond acceptors (Lipinski definition) is 1. The van der Waals surface area contributed by atoms with Gasteiger partial charge in [0.15, 0.2) is 0 Å². The highest BCUT2D eigenvalue weighted by atomic mass is 16.5. The first-order valence-corrected chi connectivity index (χ1v) is 3.83. The molecule has 0 aliphatic heterocycles. The SMILES string of the molecule is CC(C)(C)COc1cc[nH]c1. The van der Waals surface area contributed by atoms with Crippen LogP contribution < -0.4 is 4.74 Å². The Morgan fingerprint density at radius 2 is 2.18 bits per heavy atom. The molecule has 1 aromatic heterocycles. The lowest BCUT2D eigenvalue weighted by Crippen LogP contribution is -2.16. The zero-order valence-corrected chi connectivity index (χ0v) is 7.35. The van der Waals surface area contributed by atoms with Crippen molar-refractivity contribution < 1.29 is 4.74 Å². The van der Waals surface area contributed by atoms with Crippen LogP contribution in [-0.2, 0) is 0 Å². The third-order valence-corrected chi connectivity index (χ3v) is 1.24. The van der Waals surface area contributed by atoms with Gasteiger partial charge in [-0.2, -0.15) is 0 Å². The number of H-pyrrole nitrogens is 1. The van der Waals surface area contributed by atoms with Crippen molar-refractivity contribution in [2.24, 2.45) is 5.41 Å². The number of hydrogen-bond donors (Lipinski definition) is 1. The second kappa shape index (κ2) is 2.99. The third-order valence-electron chi connectivity index (χ3n) is 1.24. The lowest BCUT2D eigenvalue weighted by Gasteiger charge is -2.17. The Labute approximate surface area is 67.6 Å². The highest BCUT2D eigenvalue weighted by Crippen LogP contribution is 2.16. The van der Waals surface area contributed by atoms with E-state index in [-0.39, 0.29) is 5.41 Å². The molecule has 0 fully saturated rings.